The van der Waals surface area contributed by atoms with E-state index >= 15 is 0 Å². The zero-order valence-electron chi connectivity index (χ0n) is 13.0. The smallest absolute Gasteiger partial charge is 0.410 e. The number of imidazole rings is 1. The summed E-state index contributed by atoms with van der Waals surface area (Å²) >= 11 is 9.48. The number of carbonyl (C=O) groups is 1. The van der Waals surface area contributed by atoms with Crippen LogP contribution in [0.15, 0.2) is 41.3 Å². The van der Waals surface area contributed by atoms with Gasteiger partial charge in [0.2, 0.25) is 0 Å². The molecule has 3 aromatic rings. The molecule has 128 valence electrons. The van der Waals surface area contributed by atoms with E-state index in [0.717, 1.165) is 11.4 Å². The van der Waals surface area contributed by atoms with Gasteiger partial charge in [-0.3, -0.25) is 0 Å². The second kappa shape index (κ2) is 6.61. The molecule has 3 heterocycles. The maximum Gasteiger partial charge on any atom is 0.410 e. The van der Waals surface area contributed by atoms with Crippen LogP contribution in [0.25, 0.3) is 5.52 Å². The number of nitrogens with zero attached hydrogens (tertiary/aromatic N) is 5. The lowest BCUT2D eigenvalue weighted by molar-refractivity contribution is 0.0647. The van der Waals surface area contributed by atoms with Gasteiger partial charge in [-0.05, 0) is 21.5 Å². The van der Waals surface area contributed by atoms with Gasteiger partial charge >= 0.3 is 6.09 Å². The number of hydrogen-bond acceptors (Lipinski definition) is 5. The summed E-state index contributed by atoms with van der Waals surface area (Å²) in [5.41, 5.74) is 1.59. The summed E-state index contributed by atoms with van der Waals surface area (Å²) in [5.74, 6) is 0.826. The molecule has 0 atom stereocenters. The van der Waals surface area contributed by atoms with E-state index in [0.29, 0.717) is 28.4 Å². The quantitative estimate of drug-likeness (QED) is 0.648. The average molecular weight is 423 g/mol. The van der Waals surface area contributed by atoms with E-state index in [4.69, 9.17) is 16.3 Å². The molecule has 1 amide bonds. The van der Waals surface area contributed by atoms with Crippen LogP contribution in [0.5, 0.6) is 0 Å². The van der Waals surface area contributed by atoms with Crippen LogP contribution in [0.2, 0.25) is 5.15 Å². The van der Waals surface area contributed by atoms with Crippen molar-refractivity contribution < 1.29 is 9.53 Å². The number of rotatable bonds is 3. The average Bonchev–Trinajstić information content (AvgIpc) is 2.91. The summed E-state index contributed by atoms with van der Waals surface area (Å²) in [7, 11) is 0. The molecule has 0 radical (unpaired) electrons. The summed E-state index contributed by atoms with van der Waals surface area (Å²) in [4.78, 5) is 22.2. The molecule has 25 heavy (non-hydrogen) atoms. The zero-order valence-corrected chi connectivity index (χ0v) is 15.3. The zero-order chi connectivity index (χ0) is 17.4. The fourth-order valence-electron chi connectivity index (χ4n) is 2.75. The van der Waals surface area contributed by atoms with Crippen LogP contribution in [0.3, 0.4) is 0 Å². The fourth-order valence-corrected chi connectivity index (χ4v) is 3.61. The van der Waals surface area contributed by atoms with Crippen molar-refractivity contribution in [3.8, 4) is 0 Å². The van der Waals surface area contributed by atoms with E-state index < -0.39 is 0 Å². The number of fused-ring (bicyclic) bond motifs is 1. The molecule has 1 saturated heterocycles. The van der Waals surface area contributed by atoms with Crippen LogP contribution in [0, 0.1) is 0 Å². The third-order valence-electron chi connectivity index (χ3n) is 4.08. The highest BCUT2D eigenvalue weighted by Crippen LogP contribution is 2.31. The Morgan fingerprint density at radius 1 is 1.32 bits per heavy atom. The lowest BCUT2D eigenvalue weighted by Gasteiger charge is -2.37. The van der Waals surface area contributed by atoms with E-state index in [1.165, 1.54) is 6.33 Å². The molecule has 2 aromatic heterocycles. The predicted molar refractivity (Wildman–Crippen MR) is 94.4 cm³/mol. The van der Waals surface area contributed by atoms with Crippen LogP contribution >= 0.6 is 27.5 Å². The molecule has 0 spiro atoms. The van der Waals surface area contributed by atoms with Crippen molar-refractivity contribution >= 4 is 39.1 Å². The first-order chi connectivity index (χ1) is 12.1. The van der Waals surface area contributed by atoms with Gasteiger partial charge in [0.15, 0.2) is 5.15 Å². The van der Waals surface area contributed by atoms with Crippen LogP contribution in [-0.2, 0) is 11.3 Å². The Bertz CT molecular complexity index is 927. The molecule has 1 aromatic carbocycles. The normalized spacial score (nSPS) is 14.6. The third-order valence-corrected chi connectivity index (χ3v) is 4.91. The van der Waals surface area contributed by atoms with Crippen molar-refractivity contribution in [2.24, 2.45) is 0 Å². The Morgan fingerprint density at radius 2 is 2.08 bits per heavy atom. The van der Waals surface area contributed by atoms with Gasteiger partial charge in [-0.1, -0.05) is 41.9 Å². The lowest BCUT2D eigenvalue weighted by atomic mass is 10.0. The van der Waals surface area contributed by atoms with Crippen LogP contribution in [-0.4, -0.2) is 43.7 Å². The van der Waals surface area contributed by atoms with Crippen LogP contribution in [0.1, 0.15) is 17.3 Å². The highest BCUT2D eigenvalue weighted by molar-refractivity contribution is 9.10. The molecule has 9 heteroatoms. The standard InChI is InChI=1S/C16H13BrClN5O2/c17-13-12-14(18)19-9-20-23(12)15(21-13)11-6-22(7-11)16(24)25-8-10-4-2-1-3-5-10/h1-5,9,11H,6-8H2. The van der Waals surface area contributed by atoms with Crippen molar-refractivity contribution in [3.05, 3.63) is 57.8 Å². The molecule has 0 aliphatic carbocycles. The first kappa shape index (κ1) is 16.3. The molecule has 0 unspecified atom stereocenters. The van der Waals surface area contributed by atoms with Gasteiger partial charge in [-0.15, -0.1) is 0 Å². The fraction of sp³-hybridized carbons (Fsp3) is 0.250. The number of halogens is 2. The number of benzene rings is 1. The Hall–Kier alpha value is -2.19. The number of hydrogen-bond donors (Lipinski definition) is 0. The van der Waals surface area contributed by atoms with E-state index in [2.05, 4.69) is 31.0 Å². The number of ether oxygens (including phenoxy) is 1. The van der Waals surface area contributed by atoms with Crippen molar-refractivity contribution in [1.82, 2.24) is 24.5 Å². The predicted octanol–water partition coefficient (Wildman–Crippen LogP) is 3.28. The minimum absolute atomic E-state index is 0.0778. The Labute approximate surface area is 156 Å². The van der Waals surface area contributed by atoms with Crippen LogP contribution in [0.4, 0.5) is 4.79 Å². The molecule has 0 N–H and O–H groups in total. The largest absolute Gasteiger partial charge is 0.445 e. The van der Waals surface area contributed by atoms with Gasteiger partial charge in [0, 0.05) is 13.1 Å². The molecule has 1 aliphatic heterocycles. The lowest BCUT2D eigenvalue weighted by Crippen LogP contribution is -2.49. The molecule has 1 fully saturated rings. The van der Waals surface area contributed by atoms with E-state index in [-0.39, 0.29) is 18.6 Å². The number of carbonyl (C=O) groups excluding carboxylic acids is 1. The van der Waals surface area contributed by atoms with Crippen molar-refractivity contribution in [3.63, 3.8) is 0 Å². The highest BCUT2D eigenvalue weighted by atomic mass is 79.9. The van der Waals surface area contributed by atoms with Crippen LogP contribution < -0.4 is 0 Å². The van der Waals surface area contributed by atoms with E-state index in [1.54, 1.807) is 9.42 Å². The van der Waals surface area contributed by atoms with Gasteiger partial charge in [0.05, 0.1) is 5.92 Å². The summed E-state index contributed by atoms with van der Waals surface area (Å²) < 4.78 is 7.59. The van der Waals surface area contributed by atoms with Gasteiger partial charge in [-0.2, -0.15) is 5.10 Å². The topological polar surface area (TPSA) is 72.6 Å². The molecule has 0 saturated carbocycles. The van der Waals surface area contributed by atoms with Gasteiger partial charge in [0.1, 0.15) is 28.9 Å². The maximum atomic E-state index is 12.1. The number of amides is 1. The third kappa shape index (κ3) is 3.07. The molecule has 4 rings (SSSR count). The summed E-state index contributed by atoms with van der Waals surface area (Å²) in [6.45, 7) is 1.32. The number of likely N-dealkylation sites (tertiary alicyclic amines) is 1. The van der Waals surface area contributed by atoms with Crippen molar-refractivity contribution in [2.45, 2.75) is 12.5 Å². The molecular weight excluding hydrogens is 410 g/mol. The molecule has 7 nitrogen and oxygen atoms in total. The minimum atomic E-state index is -0.326. The summed E-state index contributed by atoms with van der Waals surface area (Å²) in [6, 6.07) is 9.59. The molecule has 0 bridgehead atoms. The maximum absolute atomic E-state index is 12.1. The number of aromatic nitrogens is 4. The molecule has 1 aliphatic rings. The van der Waals surface area contributed by atoms with E-state index in [1.807, 2.05) is 30.3 Å². The molecular formula is C16H13BrClN5O2. The second-order valence-electron chi connectivity index (χ2n) is 5.71. The Kier molecular flexibility index (Phi) is 4.30. The monoisotopic (exact) mass is 421 g/mol. The Balaban J connectivity index is 1.41. The van der Waals surface area contributed by atoms with Crippen molar-refractivity contribution in [1.29, 1.82) is 0 Å². The Morgan fingerprint density at radius 3 is 2.84 bits per heavy atom. The first-order valence-corrected chi connectivity index (χ1v) is 8.81. The first-order valence-electron chi connectivity index (χ1n) is 7.63. The van der Waals surface area contributed by atoms with Gasteiger partial charge in [-0.25, -0.2) is 19.3 Å². The highest BCUT2D eigenvalue weighted by Gasteiger charge is 2.36. The van der Waals surface area contributed by atoms with Gasteiger partial charge in [0.25, 0.3) is 0 Å². The van der Waals surface area contributed by atoms with Crippen molar-refractivity contribution in [2.75, 3.05) is 13.1 Å². The minimum Gasteiger partial charge on any atom is -0.445 e. The van der Waals surface area contributed by atoms with E-state index in [9.17, 15) is 4.79 Å². The summed E-state index contributed by atoms with van der Waals surface area (Å²) in [6.07, 6.45) is 1.06. The SMILES string of the molecule is O=C(OCc1ccccc1)N1CC(c2nc(Br)c3c(Cl)ncnn23)C1. The summed E-state index contributed by atoms with van der Waals surface area (Å²) in [5, 5.41) is 4.54. The van der Waals surface area contributed by atoms with Gasteiger partial charge < -0.3 is 9.64 Å². The second-order valence-corrected chi connectivity index (χ2v) is 6.82.